The number of amides is 3. The second-order valence-corrected chi connectivity index (χ2v) is 8.31. The molecule has 4 heterocycles. The summed E-state index contributed by atoms with van der Waals surface area (Å²) < 4.78 is 12.6. The maximum atomic E-state index is 13.0. The molecule has 1 atom stereocenters. The van der Waals surface area contributed by atoms with Crippen LogP contribution in [0.5, 0.6) is 0 Å². The Bertz CT molecular complexity index is 826. The lowest BCUT2D eigenvalue weighted by atomic mass is 10.0. The predicted molar refractivity (Wildman–Crippen MR) is 110 cm³/mol. The first-order chi connectivity index (χ1) is 15.0. The normalized spacial score (nSPS) is 21.1. The lowest BCUT2D eigenvalue weighted by Crippen LogP contribution is -2.42. The first kappa shape index (κ1) is 21.8. The Morgan fingerprint density at radius 1 is 1.10 bits per heavy atom. The highest BCUT2D eigenvalue weighted by atomic mass is 16.5. The van der Waals surface area contributed by atoms with Crippen molar-refractivity contribution < 1.29 is 23.9 Å². The van der Waals surface area contributed by atoms with Gasteiger partial charge in [-0.1, -0.05) is 0 Å². The molecule has 170 valence electrons. The van der Waals surface area contributed by atoms with Gasteiger partial charge in [-0.2, -0.15) is 5.10 Å². The van der Waals surface area contributed by atoms with Gasteiger partial charge < -0.3 is 24.6 Å². The average Bonchev–Trinajstić information content (AvgIpc) is 3.44. The van der Waals surface area contributed by atoms with Crippen molar-refractivity contribution in [3.63, 3.8) is 0 Å². The predicted octanol–water partition coefficient (Wildman–Crippen LogP) is -0.147. The average molecular weight is 434 g/mol. The smallest absolute Gasteiger partial charge is 0.274 e. The number of aryl methyl sites for hydroxylation is 1. The number of nitrogens with one attached hydrogen (secondary N) is 1. The third kappa shape index (κ3) is 5.07. The van der Waals surface area contributed by atoms with Gasteiger partial charge in [-0.05, 0) is 12.8 Å². The number of ether oxygens (including phenoxy) is 2. The number of hydrogen-bond donors (Lipinski definition) is 1. The summed E-state index contributed by atoms with van der Waals surface area (Å²) in [5.74, 6) is -0.319. The van der Waals surface area contributed by atoms with Crippen molar-refractivity contribution >= 4 is 17.7 Å². The topological polar surface area (TPSA) is 106 Å². The van der Waals surface area contributed by atoms with E-state index in [9.17, 15) is 14.4 Å². The molecule has 2 fully saturated rings. The van der Waals surface area contributed by atoms with E-state index in [1.54, 1.807) is 14.5 Å². The van der Waals surface area contributed by atoms with Crippen molar-refractivity contribution in [2.24, 2.45) is 7.05 Å². The van der Waals surface area contributed by atoms with Crippen molar-refractivity contribution in [3.05, 3.63) is 17.0 Å². The molecule has 0 aromatic carbocycles. The van der Waals surface area contributed by atoms with Crippen LogP contribution >= 0.6 is 0 Å². The Hall–Kier alpha value is -2.46. The van der Waals surface area contributed by atoms with Gasteiger partial charge in [0.15, 0.2) is 5.69 Å². The van der Waals surface area contributed by atoms with E-state index < -0.39 is 0 Å². The summed E-state index contributed by atoms with van der Waals surface area (Å²) in [6.45, 7) is 4.32. The first-order valence-corrected chi connectivity index (χ1v) is 11.1. The van der Waals surface area contributed by atoms with Crippen LogP contribution in [0.3, 0.4) is 0 Å². The van der Waals surface area contributed by atoms with E-state index in [4.69, 9.17) is 9.47 Å². The Morgan fingerprint density at radius 2 is 1.90 bits per heavy atom. The molecule has 1 unspecified atom stereocenters. The van der Waals surface area contributed by atoms with E-state index in [0.717, 1.165) is 30.7 Å². The zero-order valence-electron chi connectivity index (χ0n) is 18.1. The van der Waals surface area contributed by atoms with E-state index in [1.165, 1.54) is 0 Å². The van der Waals surface area contributed by atoms with Gasteiger partial charge in [0.25, 0.3) is 5.91 Å². The van der Waals surface area contributed by atoms with Crippen molar-refractivity contribution in [1.82, 2.24) is 24.9 Å². The molecule has 0 radical (unpaired) electrons. The molecule has 1 N–H and O–H groups in total. The van der Waals surface area contributed by atoms with Gasteiger partial charge in [0, 0.05) is 76.9 Å². The number of nitrogens with zero attached hydrogens (tertiary/aromatic N) is 4. The number of hydrogen-bond acceptors (Lipinski definition) is 6. The number of carbonyl (C=O) groups is 3. The van der Waals surface area contributed by atoms with Crippen LogP contribution in [0.4, 0.5) is 0 Å². The number of fused-ring (bicyclic) bond motifs is 1. The number of carbonyl (C=O) groups excluding carboxylic acids is 3. The van der Waals surface area contributed by atoms with Gasteiger partial charge in [-0.15, -0.1) is 0 Å². The molecule has 10 heteroatoms. The van der Waals surface area contributed by atoms with Crippen molar-refractivity contribution in [2.45, 2.75) is 44.8 Å². The molecule has 1 aromatic heterocycles. The minimum absolute atomic E-state index is 0.0773. The molecule has 0 spiro atoms. The van der Waals surface area contributed by atoms with E-state index in [2.05, 4.69) is 10.4 Å². The van der Waals surface area contributed by atoms with Crippen molar-refractivity contribution in [1.29, 1.82) is 0 Å². The van der Waals surface area contributed by atoms with Gasteiger partial charge in [0.1, 0.15) is 0 Å². The third-order valence-corrected chi connectivity index (χ3v) is 6.21. The van der Waals surface area contributed by atoms with Crippen LogP contribution in [0.15, 0.2) is 0 Å². The molecular weight excluding hydrogens is 402 g/mol. The SMILES string of the molecule is Cn1nc(C(=O)N2CCOCC2)c2c1CCN(C(=O)CCC(=O)NCC1CCCO1)C2. The largest absolute Gasteiger partial charge is 0.378 e. The maximum absolute atomic E-state index is 13.0. The Kier molecular flexibility index (Phi) is 6.86. The zero-order chi connectivity index (χ0) is 21.8. The van der Waals surface area contributed by atoms with Crippen molar-refractivity contribution in [3.8, 4) is 0 Å². The van der Waals surface area contributed by atoms with Gasteiger partial charge in [0.2, 0.25) is 11.8 Å². The highest BCUT2D eigenvalue weighted by molar-refractivity contribution is 5.94. The number of aromatic nitrogens is 2. The fourth-order valence-electron chi connectivity index (χ4n) is 4.39. The van der Waals surface area contributed by atoms with Gasteiger partial charge in [-0.25, -0.2) is 0 Å². The van der Waals surface area contributed by atoms with Crippen LogP contribution in [-0.2, 0) is 39.1 Å². The molecule has 0 saturated carbocycles. The molecule has 3 amide bonds. The number of morpholine rings is 1. The zero-order valence-corrected chi connectivity index (χ0v) is 18.1. The summed E-state index contributed by atoms with van der Waals surface area (Å²) in [5, 5.41) is 7.32. The minimum atomic E-state index is -0.133. The van der Waals surface area contributed by atoms with Crippen LogP contribution < -0.4 is 5.32 Å². The lowest BCUT2D eigenvalue weighted by molar-refractivity contribution is -0.134. The molecule has 10 nitrogen and oxygen atoms in total. The summed E-state index contributed by atoms with van der Waals surface area (Å²) in [6, 6.07) is 0. The second-order valence-electron chi connectivity index (χ2n) is 8.31. The van der Waals surface area contributed by atoms with Crippen LogP contribution in [0.2, 0.25) is 0 Å². The summed E-state index contributed by atoms with van der Waals surface area (Å²) in [6.07, 6.45) is 3.04. The van der Waals surface area contributed by atoms with E-state index in [1.807, 2.05) is 7.05 Å². The molecule has 1 aromatic rings. The van der Waals surface area contributed by atoms with Gasteiger partial charge in [0.05, 0.1) is 19.3 Å². The fraction of sp³-hybridized carbons (Fsp3) is 0.714. The van der Waals surface area contributed by atoms with Gasteiger partial charge in [-0.3, -0.25) is 19.1 Å². The molecule has 31 heavy (non-hydrogen) atoms. The lowest BCUT2D eigenvalue weighted by Gasteiger charge is -2.29. The molecule has 0 aliphatic carbocycles. The minimum Gasteiger partial charge on any atom is -0.378 e. The summed E-state index contributed by atoms with van der Waals surface area (Å²) in [7, 11) is 1.84. The quantitative estimate of drug-likeness (QED) is 0.669. The second kappa shape index (κ2) is 9.78. The molecular formula is C21H31N5O5. The Morgan fingerprint density at radius 3 is 2.65 bits per heavy atom. The van der Waals surface area contributed by atoms with E-state index in [-0.39, 0.29) is 36.7 Å². The monoisotopic (exact) mass is 433 g/mol. The molecule has 2 saturated heterocycles. The van der Waals surface area contributed by atoms with Gasteiger partial charge >= 0.3 is 0 Å². The summed E-state index contributed by atoms with van der Waals surface area (Å²) in [4.78, 5) is 41.3. The molecule has 4 rings (SSSR count). The Balaban J connectivity index is 1.32. The van der Waals surface area contributed by atoms with E-state index in [0.29, 0.717) is 58.1 Å². The van der Waals surface area contributed by atoms with Crippen LogP contribution in [-0.4, -0.2) is 89.4 Å². The first-order valence-electron chi connectivity index (χ1n) is 11.1. The maximum Gasteiger partial charge on any atom is 0.274 e. The van der Waals surface area contributed by atoms with Crippen LogP contribution in [0.25, 0.3) is 0 Å². The summed E-state index contributed by atoms with van der Waals surface area (Å²) in [5.41, 5.74) is 2.24. The highest BCUT2D eigenvalue weighted by Gasteiger charge is 2.31. The van der Waals surface area contributed by atoms with Crippen molar-refractivity contribution in [2.75, 3.05) is 46.0 Å². The van der Waals surface area contributed by atoms with E-state index >= 15 is 0 Å². The standard InChI is InChI=1S/C21H31N5O5/c1-24-17-6-7-26(19(28)5-4-18(27)22-13-15-3-2-10-31-15)14-16(17)20(23-24)21(29)25-8-11-30-12-9-25/h15H,2-14H2,1H3,(H,22,27). The van der Waals surface area contributed by atoms with Crippen LogP contribution in [0.1, 0.15) is 47.4 Å². The Labute approximate surface area is 181 Å². The molecule has 3 aliphatic rings. The summed E-state index contributed by atoms with van der Waals surface area (Å²) >= 11 is 0. The number of rotatable bonds is 6. The van der Waals surface area contributed by atoms with Crippen LogP contribution in [0, 0.1) is 0 Å². The third-order valence-electron chi connectivity index (χ3n) is 6.21. The fourth-order valence-corrected chi connectivity index (χ4v) is 4.39. The molecule has 3 aliphatic heterocycles. The molecule has 0 bridgehead atoms. The highest BCUT2D eigenvalue weighted by Crippen LogP contribution is 2.24.